The van der Waals surface area contributed by atoms with E-state index in [1.54, 1.807) is 0 Å². The molecule has 218 valence electrons. The molecule has 0 spiro atoms. The van der Waals surface area contributed by atoms with Gasteiger partial charge in [-0.3, -0.25) is 0 Å². The van der Waals surface area contributed by atoms with E-state index in [1.807, 2.05) is 0 Å². The average Bonchev–Trinajstić information content (AvgIpc) is 2.83. The molecule has 0 bridgehead atoms. The van der Waals surface area contributed by atoms with Crippen molar-refractivity contribution in [2.45, 2.75) is 40.8 Å². The molecule has 0 aliphatic heterocycles. The first-order chi connectivity index (χ1) is 18.4. The van der Waals surface area contributed by atoms with E-state index < -0.39 is 48.0 Å². The lowest BCUT2D eigenvalue weighted by Crippen LogP contribution is -2.40. The molecular formula is C25H18F11NO2S. The van der Waals surface area contributed by atoms with Crippen molar-refractivity contribution in [3.8, 4) is 11.5 Å². The summed E-state index contributed by atoms with van der Waals surface area (Å²) in [5, 5.41) is 11.7. The number of alkyl halides is 11. The number of hydrogen-bond acceptors (Lipinski definition) is 4. The standard InChI is InChI=1S/C25H18F11NO2S/c26-22(27,24(31,32)33)16-4-1-3-15(11-16)21(37-13-20(38)23(28,29)30)14-7-9-17(10-8-14)39-18-5-2-6-19(12-18)40-25(34,35)36/h1-12,20-21,37-38H,13H2/t20-,21-/m1/s1. The minimum Gasteiger partial charge on any atom is -0.457 e. The van der Waals surface area contributed by atoms with E-state index in [4.69, 9.17) is 4.74 Å². The maximum atomic E-state index is 13.9. The van der Waals surface area contributed by atoms with Gasteiger partial charge in [-0.15, -0.1) is 0 Å². The normalized spacial score (nSPS) is 14.6. The summed E-state index contributed by atoms with van der Waals surface area (Å²) >= 11 is -0.369. The zero-order valence-corrected chi connectivity index (χ0v) is 20.5. The number of ether oxygens (including phenoxy) is 1. The van der Waals surface area contributed by atoms with Crippen molar-refractivity contribution in [2.24, 2.45) is 0 Å². The van der Waals surface area contributed by atoms with Crippen LogP contribution in [0.5, 0.6) is 11.5 Å². The van der Waals surface area contributed by atoms with Crippen molar-refractivity contribution >= 4 is 11.8 Å². The molecule has 0 fully saturated rings. The van der Waals surface area contributed by atoms with Crippen LogP contribution in [-0.4, -0.2) is 35.6 Å². The molecule has 40 heavy (non-hydrogen) atoms. The maximum absolute atomic E-state index is 13.9. The molecule has 3 aromatic carbocycles. The Bertz CT molecular complexity index is 1280. The number of aliphatic hydroxyl groups excluding tert-OH is 1. The van der Waals surface area contributed by atoms with Crippen LogP contribution >= 0.6 is 11.8 Å². The Morgan fingerprint density at radius 3 is 1.93 bits per heavy atom. The number of thioether (sulfide) groups is 1. The van der Waals surface area contributed by atoms with Crippen LogP contribution in [0, 0.1) is 0 Å². The first-order valence-electron chi connectivity index (χ1n) is 11.0. The van der Waals surface area contributed by atoms with Crippen molar-refractivity contribution in [1.82, 2.24) is 5.32 Å². The van der Waals surface area contributed by atoms with E-state index in [0.29, 0.717) is 12.1 Å². The molecule has 3 aromatic rings. The second kappa shape index (κ2) is 11.8. The first-order valence-corrected chi connectivity index (χ1v) is 11.9. The Labute approximate surface area is 224 Å². The van der Waals surface area contributed by atoms with E-state index in [-0.39, 0.29) is 39.3 Å². The number of hydrogen-bond donors (Lipinski definition) is 2. The Kier molecular flexibility index (Phi) is 9.31. The van der Waals surface area contributed by atoms with Gasteiger partial charge in [0.05, 0.1) is 6.04 Å². The molecule has 3 nitrogen and oxygen atoms in total. The molecule has 0 heterocycles. The van der Waals surface area contributed by atoms with Gasteiger partial charge in [0.1, 0.15) is 11.5 Å². The van der Waals surface area contributed by atoms with E-state index in [1.165, 1.54) is 42.5 Å². The summed E-state index contributed by atoms with van der Waals surface area (Å²) in [5.41, 5.74) is -6.15. The number of halogens is 11. The summed E-state index contributed by atoms with van der Waals surface area (Å²) in [4.78, 5) is -0.162. The third kappa shape index (κ3) is 8.24. The molecule has 2 atom stereocenters. The van der Waals surface area contributed by atoms with Crippen molar-refractivity contribution < 1.29 is 58.1 Å². The Balaban J connectivity index is 1.91. The van der Waals surface area contributed by atoms with Crippen molar-refractivity contribution in [3.63, 3.8) is 0 Å². The van der Waals surface area contributed by atoms with Crippen LogP contribution in [0.3, 0.4) is 0 Å². The van der Waals surface area contributed by atoms with Gasteiger partial charge in [-0.25, -0.2) is 0 Å². The van der Waals surface area contributed by atoms with Gasteiger partial charge in [0, 0.05) is 17.0 Å². The lowest BCUT2D eigenvalue weighted by atomic mass is 9.95. The quantitative estimate of drug-likeness (QED) is 0.190. The van der Waals surface area contributed by atoms with E-state index >= 15 is 0 Å². The highest BCUT2D eigenvalue weighted by Gasteiger charge is 2.58. The maximum Gasteiger partial charge on any atom is 0.458 e. The molecule has 0 aromatic heterocycles. The summed E-state index contributed by atoms with van der Waals surface area (Å²) in [6, 6.07) is 11.6. The van der Waals surface area contributed by atoms with Gasteiger partial charge in [0.25, 0.3) is 0 Å². The van der Waals surface area contributed by atoms with E-state index in [9.17, 15) is 53.4 Å². The van der Waals surface area contributed by atoms with E-state index in [0.717, 1.165) is 18.2 Å². The monoisotopic (exact) mass is 605 g/mol. The predicted octanol–water partition coefficient (Wildman–Crippen LogP) is 8.35. The van der Waals surface area contributed by atoms with Gasteiger partial charge in [-0.05, 0) is 59.3 Å². The van der Waals surface area contributed by atoms with Crippen LogP contribution in [-0.2, 0) is 5.92 Å². The second-order valence-electron chi connectivity index (χ2n) is 8.29. The average molecular weight is 605 g/mol. The zero-order valence-electron chi connectivity index (χ0n) is 19.7. The molecule has 0 unspecified atom stereocenters. The van der Waals surface area contributed by atoms with Gasteiger partial charge in [-0.1, -0.05) is 36.4 Å². The fourth-order valence-corrected chi connectivity index (χ4v) is 4.04. The minimum atomic E-state index is -5.93. The molecule has 0 aliphatic carbocycles. The third-order valence-corrected chi connectivity index (χ3v) is 6.04. The Morgan fingerprint density at radius 1 is 0.725 bits per heavy atom. The van der Waals surface area contributed by atoms with Crippen LogP contribution in [0.4, 0.5) is 48.3 Å². The van der Waals surface area contributed by atoms with Gasteiger partial charge >= 0.3 is 23.8 Å². The topological polar surface area (TPSA) is 41.5 Å². The molecule has 3 rings (SSSR count). The van der Waals surface area contributed by atoms with Gasteiger partial charge in [0.2, 0.25) is 0 Å². The van der Waals surface area contributed by atoms with Crippen LogP contribution in [0.2, 0.25) is 0 Å². The molecule has 0 aliphatic rings. The van der Waals surface area contributed by atoms with Gasteiger partial charge in [-0.2, -0.15) is 48.3 Å². The highest BCUT2D eigenvalue weighted by atomic mass is 32.2. The molecule has 0 radical (unpaired) electrons. The summed E-state index contributed by atoms with van der Waals surface area (Å²) in [6.07, 6.45) is -13.9. The van der Waals surface area contributed by atoms with Crippen LogP contribution in [0.1, 0.15) is 22.7 Å². The summed E-state index contributed by atoms with van der Waals surface area (Å²) in [5.74, 6) is -5.16. The SMILES string of the molecule is O[C@H](CN[C@H](c1ccc(Oc2cccc(SC(F)(F)F)c2)cc1)c1cccc(C(F)(F)C(F)(F)F)c1)C(F)(F)F. The number of aliphatic hydroxyl groups is 1. The van der Waals surface area contributed by atoms with E-state index in [2.05, 4.69) is 5.32 Å². The van der Waals surface area contributed by atoms with Crippen LogP contribution in [0.25, 0.3) is 0 Å². The minimum absolute atomic E-state index is 0.0204. The highest BCUT2D eigenvalue weighted by Crippen LogP contribution is 2.44. The lowest BCUT2D eigenvalue weighted by molar-refractivity contribution is -0.289. The first kappa shape index (κ1) is 31.5. The highest BCUT2D eigenvalue weighted by molar-refractivity contribution is 8.00. The molecule has 15 heteroatoms. The number of rotatable bonds is 9. The third-order valence-electron chi connectivity index (χ3n) is 5.32. The second-order valence-corrected chi connectivity index (χ2v) is 9.43. The van der Waals surface area contributed by atoms with Crippen molar-refractivity contribution in [2.75, 3.05) is 6.54 Å². The van der Waals surface area contributed by atoms with Crippen LogP contribution < -0.4 is 10.1 Å². The Hall–Kier alpha value is -3.04. The van der Waals surface area contributed by atoms with Crippen LogP contribution in [0.15, 0.2) is 77.7 Å². The zero-order chi connectivity index (χ0) is 29.9. The largest absolute Gasteiger partial charge is 0.458 e. The predicted molar refractivity (Wildman–Crippen MR) is 123 cm³/mol. The fourth-order valence-electron chi connectivity index (χ4n) is 3.45. The lowest BCUT2D eigenvalue weighted by Gasteiger charge is -2.25. The Morgan fingerprint density at radius 2 is 1.35 bits per heavy atom. The van der Waals surface area contributed by atoms with Crippen molar-refractivity contribution in [1.29, 1.82) is 0 Å². The molecule has 0 saturated carbocycles. The molecular weight excluding hydrogens is 587 g/mol. The van der Waals surface area contributed by atoms with Crippen molar-refractivity contribution in [3.05, 3.63) is 89.5 Å². The summed E-state index contributed by atoms with van der Waals surface area (Å²) in [6.45, 7) is -1.13. The number of benzene rings is 3. The molecule has 0 saturated heterocycles. The number of nitrogens with one attached hydrogen (secondary N) is 1. The van der Waals surface area contributed by atoms with Gasteiger partial charge < -0.3 is 15.2 Å². The smallest absolute Gasteiger partial charge is 0.457 e. The summed E-state index contributed by atoms with van der Waals surface area (Å²) < 4.78 is 148. The summed E-state index contributed by atoms with van der Waals surface area (Å²) in [7, 11) is 0. The molecule has 2 N–H and O–H groups in total. The molecule has 0 amide bonds. The fraction of sp³-hybridized carbons (Fsp3) is 0.280. The van der Waals surface area contributed by atoms with Gasteiger partial charge in [0.15, 0.2) is 6.10 Å².